The second-order valence-corrected chi connectivity index (χ2v) is 11.0. The molecule has 0 spiro atoms. The van der Waals surface area contributed by atoms with Crippen LogP contribution in [0.3, 0.4) is 0 Å². The van der Waals surface area contributed by atoms with Gasteiger partial charge >= 0.3 is 16.4 Å². The first kappa shape index (κ1) is 31.6. The average Bonchev–Trinajstić information content (AvgIpc) is 2.99. The van der Waals surface area contributed by atoms with Crippen molar-refractivity contribution < 1.29 is 30.3 Å². The second kappa shape index (κ2) is 13.7. The van der Waals surface area contributed by atoms with Crippen LogP contribution in [0.15, 0.2) is 71.6 Å². The Hall–Kier alpha value is -4.36. The third-order valence-electron chi connectivity index (χ3n) is 6.77. The molecule has 0 atom stereocenters. The molecule has 4 rings (SSSR count). The van der Waals surface area contributed by atoms with Gasteiger partial charge in [0.15, 0.2) is 0 Å². The van der Waals surface area contributed by atoms with E-state index >= 15 is 0 Å². The number of hydrogen-bond acceptors (Lipinski definition) is 6. The number of anilines is 2. The SMILES string of the molecule is C#Cc1cccc(C(=O)Nc2ccc(C#CCNCCN3CCN(c4ccc(S(=O)(=O)F)cc4)CC3)c(C(F)(F)F)c2)c1. The third-order valence-corrected chi connectivity index (χ3v) is 7.61. The van der Waals surface area contributed by atoms with Gasteiger partial charge in [-0.1, -0.05) is 23.8 Å². The van der Waals surface area contributed by atoms with E-state index in [2.05, 4.69) is 38.2 Å². The van der Waals surface area contributed by atoms with Gasteiger partial charge in [-0.2, -0.15) is 21.6 Å². The van der Waals surface area contributed by atoms with Crippen molar-refractivity contribution in [2.45, 2.75) is 11.1 Å². The van der Waals surface area contributed by atoms with Crippen LogP contribution in [0, 0.1) is 24.2 Å². The number of terminal acetylenes is 1. The molecule has 0 aromatic heterocycles. The number of carbonyl (C=O) groups excluding carboxylic acids is 1. The molecule has 7 nitrogen and oxygen atoms in total. The summed E-state index contributed by atoms with van der Waals surface area (Å²) in [5.74, 6) is 7.13. The van der Waals surface area contributed by atoms with Crippen LogP contribution in [-0.4, -0.2) is 65.0 Å². The molecule has 2 N–H and O–H groups in total. The van der Waals surface area contributed by atoms with Gasteiger partial charge in [0, 0.05) is 67.3 Å². The number of hydrogen-bond donors (Lipinski definition) is 2. The minimum absolute atomic E-state index is 0.0167. The van der Waals surface area contributed by atoms with Crippen molar-refractivity contribution in [3.63, 3.8) is 0 Å². The van der Waals surface area contributed by atoms with Crippen LogP contribution >= 0.6 is 0 Å². The highest BCUT2D eigenvalue weighted by Crippen LogP contribution is 2.33. The summed E-state index contributed by atoms with van der Waals surface area (Å²) < 4.78 is 76.4. The van der Waals surface area contributed by atoms with Crippen LogP contribution in [0.4, 0.5) is 28.4 Å². The first-order valence-electron chi connectivity index (χ1n) is 13.2. The number of halogens is 4. The normalized spacial score (nSPS) is 14.0. The van der Waals surface area contributed by atoms with Gasteiger partial charge < -0.3 is 15.5 Å². The van der Waals surface area contributed by atoms with E-state index in [4.69, 9.17) is 6.42 Å². The van der Waals surface area contributed by atoms with Crippen molar-refractivity contribution in [2.24, 2.45) is 0 Å². The van der Waals surface area contributed by atoms with E-state index < -0.39 is 27.9 Å². The lowest BCUT2D eigenvalue weighted by Gasteiger charge is -2.36. The van der Waals surface area contributed by atoms with Gasteiger partial charge in [0.2, 0.25) is 0 Å². The van der Waals surface area contributed by atoms with E-state index in [0.717, 1.165) is 24.8 Å². The number of piperazine rings is 1. The first-order valence-corrected chi connectivity index (χ1v) is 14.6. The van der Waals surface area contributed by atoms with E-state index in [1.54, 1.807) is 24.3 Å². The van der Waals surface area contributed by atoms with Gasteiger partial charge in [0.05, 0.1) is 17.0 Å². The van der Waals surface area contributed by atoms with Crippen molar-refractivity contribution in [2.75, 3.05) is 56.0 Å². The van der Waals surface area contributed by atoms with Gasteiger partial charge in [-0.15, -0.1) is 10.3 Å². The summed E-state index contributed by atoms with van der Waals surface area (Å²) in [6.45, 7) is 4.39. The molecule has 3 aromatic rings. The zero-order valence-electron chi connectivity index (χ0n) is 22.9. The van der Waals surface area contributed by atoms with Crippen molar-refractivity contribution >= 4 is 27.5 Å². The zero-order chi connectivity index (χ0) is 31.0. The van der Waals surface area contributed by atoms with Crippen LogP contribution in [0.1, 0.15) is 27.0 Å². The van der Waals surface area contributed by atoms with Gasteiger partial charge in [-0.25, -0.2) is 0 Å². The smallest absolute Gasteiger partial charge is 0.369 e. The maximum Gasteiger partial charge on any atom is 0.417 e. The van der Waals surface area contributed by atoms with Gasteiger partial charge in [-0.05, 0) is 60.7 Å². The highest BCUT2D eigenvalue weighted by atomic mass is 32.3. The predicted octanol–water partition coefficient (Wildman–Crippen LogP) is 4.36. The molecule has 0 radical (unpaired) electrons. The first-order chi connectivity index (χ1) is 20.4. The van der Waals surface area contributed by atoms with E-state index in [1.807, 2.05) is 0 Å². The van der Waals surface area contributed by atoms with Crippen molar-refractivity contribution in [3.8, 4) is 24.2 Å². The molecule has 1 amide bonds. The van der Waals surface area contributed by atoms with Crippen LogP contribution in [0.5, 0.6) is 0 Å². The molecule has 1 fully saturated rings. The second-order valence-electron chi connectivity index (χ2n) is 9.68. The number of carbonyl (C=O) groups is 1. The summed E-state index contributed by atoms with van der Waals surface area (Å²) >= 11 is 0. The molecule has 1 aliphatic rings. The highest BCUT2D eigenvalue weighted by molar-refractivity contribution is 7.86. The zero-order valence-corrected chi connectivity index (χ0v) is 23.7. The van der Waals surface area contributed by atoms with Gasteiger partial charge in [0.25, 0.3) is 5.91 Å². The van der Waals surface area contributed by atoms with Crippen LogP contribution in [0.2, 0.25) is 0 Å². The number of nitrogens with one attached hydrogen (secondary N) is 2. The molecule has 12 heteroatoms. The third kappa shape index (κ3) is 8.82. The van der Waals surface area contributed by atoms with Crippen LogP contribution in [-0.2, 0) is 16.4 Å². The highest BCUT2D eigenvalue weighted by Gasteiger charge is 2.33. The minimum Gasteiger partial charge on any atom is -0.369 e. The summed E-state index contributed by atoms with van der Waals surface area (Å²) in [6, 6.07) is 15.3. The maximum atomic E-state index is 13.8. The summed E-state index contributed by atoms with van der Waals surface area (Å²) in [5.41, 5.74) is 0.348. The van der Waals surface area contributed by atoms with Gasteiger partial charge in [-0.3, -0.25) is 9.69 Å². The average molecular weight is 613 g/mol. The van der Waals surface area contributed by atoms with Crippen LogP contribution in [0.25, 0.3) is 0 Å². The Morgan fingerprint density at radius 2 is 1.70 bits per heavy atom. The molecular weight excluding hydrogens is 584 g/mol. The lowest BCUT2D eigenvalue weighted by atomic mass is 10.1. The topological polar surface area (TPSA) is 81.8 Å². The number of amides is 1. The molecular formula is C31H28F4N4O3S. The van der Waals surface area contributed by atoms with Crippen molar-refractivity contribution in [1.82, 2.24) is 10.2 Å². The molecule has 0 unspecified atom stereocenters. The van der Waals surface area contributed by atoms with Gasteiger partial charge in [0.1, 0.15) is 0 Å². The minimum atomic E-state index is -4.73. The Kier molecular flexibility index (Phi) is 10.1. The van der Waals surface area contributed by atoms with Crippen molar-refractivity contribution in [3.05, 3.63) is 89.0 Å². The fourth-order valence-corrected chi connectivity index (χ4v) is 4.96. The summed E-state index contributed by atoms with van der Waals surface area (Å²) in [5, 5.41) is 5.59. The lowest BCUT2D eigenvalue weighted by Crippen LogP contribution is -2.48. The molecule has 0 saturated carbocycles. The molecule has 1 aliphatic heterocycles. The largest absolute Gasteiger partial charge is 0.417 e. The molecule has 1 heterocycles. The Labute approximate surface area is 248 Å². The summed E-state index contributed by atoms with van der Waals surface area (Å²) in [7, 11) is -4.73. The summed E-state index contributed by atoms with van der Waals surface area (Å²) in [4.78, 5) is 16.4. The molecule has 0 bridgehead atoms. The van der Waals surface area contributed by atoms with E-state index in [1.165, 1.54) is 36.4 Å². The van der Waals surface area contributed by atoms with E-state index in [0.29, 0.717) is 31.7 Å². The number of nitrogens with zero attached hydrogens (tertiary/aromatic N) is 2. The van der Waals surface area contributed by atoms with Crippen LogP contribution < -0.4 is 15.5 Å². The lowest BCUT2D eigenvalue weighted by molar-refractivity contribution is -0.137. The fraction of sp³-hybridized carbons (Fsp3) is 0.258. The molecule has 224 valence electrons. The number of rotatable bonds is 8. The standard InChI is InChI=1S/C31H28F4N4O3S/c1-2-23-5-3-6-25(21-23)30(40)37-26-9-8-24(29(22-26)31(32,33)34)7-4-14-36-15-16-38-17-19-39(20-18-38)27-10-12-28(13-11-27)43(35,41)42/h1,3,5-6,8-13,21-22,36H,14-20H2,(H,37,40). The molecule has 0 aliphatic carbocycles. The predicted molar refractivity (Wildman–Crippen MR) is 157 cm³/mol. The Morgan fingerprint density at radius 1 is 0.977 bits per heavy atom. The quantitative estimate of drug-likeness (QED) is 0.170. The Morgan fingerprint density at radius 3 is 2.35 bits per heavy atom. The Bertz CT molecular complexity index is 1670. The molecule has 1 saturated heterocycles. The molecule has 43 heavy (non-hydrogen) atoms. The van der Waals surface area contributed by atoms with Crippen molar-refractivity contribution in [1.29, 1.82) is 0 Å². The maximum absolute atomic E-state index is 13.8. The number of alkyl halides is 3. The Balaban J connectivity index is 1.25. The fourth-order valence-electron chi connectivity index (χ4n) is 4.50. The summed E-state index contributed by atoms with van der Waals surface area (Å²) in [6.07, 6.45) is 0.673. The van der Waals surface area contributed by atoms with E-state index in [9.17, 15) is 30.3 Å². The number of benzene rings is 3. The van der Waals surface area contributed by atoms with E-state index in [-0.39, 0.29) is 28.3 Å². The molecule has 3 aromatic carbocycles. The monoisotopic (exact) mass is 612 g/mol.